The number of hydrogen-bond donors (Lipinski definition) is 12. The molecule has 4 atom stereocenters. The van der Waals surface area contributed by atoms with Gasteiger partial charge in [0, 0.05) is 45.4 Å². The van der Waals surface area contributed by atoms with Crippen LogP contribution in [0.25, 0.3) is 0 Å². The number of carboxylic acid groups (broad SMARTS) is 1. The summed E-state index contributed by atoms with van der Waals surface area (Å²) < 4.78 is 0. The first-order valence-corrected chi connectivity index (χ1v) is 16.5. The van der Waals surface area contributed by atoms with Crippen molar-refractivity contribution in [2.24, 2.45) is 38.7 Å². The Morgan fingerprint density at radius 1 is 0.620 bits per heavy atom. The number of nitrogens with two attached hydrogens (primary N) is 5. The van der Waals surface area contributed by atoms with Crippen molar-refractivity contribution in [2.45, 2.75) is 94.8 Å². The zero-order chi connectivity index (χ0) is 37.5. The Bertz CT molecular complexity index is 1220. The molecule has 21 heteroatoms. The molecule has 1 rings (SSSR count). The lowest BCUT2D eigenvalue weighted by atomic mass is 10.1. The molecule has 0 unspecified atom stereocenters. The summed E-state index contributed by atoms with van der Waals surface area (Å²) in [6, 6.07) is -4.75. The molecule has 1 saturated heterocycles. The van der Waals surface area contributed by atoms with Crippen LogP contribution in [0.4, 0.5) is 0 Å². The normalized spacial score (nSPS) is 22.1. The van der Waals surface area contributed by atoms with Gasteiger partial charge in [-0.1, -0.05) is 0 Å². The third-order valence-electron chi connectivity index (χ3n) is 7.37. The van der Waals surface area contributed by atoms with Crippen molar-refractivity contribution in [3.05, 3.63) is 0 Å². The van der Waals surface area contributed by atoms with Gasteiger partial charge in [0.1, 0.15) is 24.2 Å². The lowest BCUT2D eigenvalue weighted by Gasteiger charge is -2.23. The fraction of sp³-hybridized carbons (Fsp3) is 0.690. The molecular formula is C29H53N13O8. The smallest absolute Gasteiger partial charge is 0.326 e. The third kappa shape index (κ3) is 19.0. The van der Waals surface area contributed by atoms with E-state index in [1.165, 1.54) is 0 Å². The van der Waals surface area contributed by atoms with E-state index in [0.29, 0.717) is 25.8 Å². The maximum absolute atomic E-state index is 13.2. The Balaban J connectivity index is 3.25. The zero-order valence-corrected chi connectivity index (χ0v) is 28.2. The number of nitrogens with zero attached hydrogens (tertiary/aromatic N) is 2. The minimum atomic E-state index is -1.51. The van der Waals surface area contributed by atoms with Crippen LogP contribution in [-0.2, 0) is 33.6 Å². The molecule has 17 N–H and O–H groups in total. The molecule has 0 aromatic rings. The molecule has 1 heterocycles. The highest BCUT2D eigenvalue weighted by atomic mass is 16.4. The summed E-state index contributed by atoms with van der Waals surface area (Å²) in [5, 5.41) is 25.0. The largest absolute Gasteiger partial charge is 0.480 e. The van der Waals surface area contributed by atoms with Gasteiger partial charge in [-0.25, -0.2) is 4.79 Å². The van der Waals surface area contributed by atoms with Crippen LogP contribution in [0.15, 0.2) is 9.98 Å². The predicted molar refractivity (Wildman–Crippen MR) is 183 cm³/mol. The summed E-state index contributed by atoms with van der Waals surface area (Å²) in [7, 11) is 0. The number of hydrogen-bond acceptors (Lipinski definition) is 10. The molecule has 6 amide bonds. The van der Waals surface area contributed by atoms with Gasteiger partial charge in [0.05, 0.1) is 0 Å². The van der Waals surface area contributed by atoms with Crippen molar-refractivity contribution < 1.29 is 38.7 Å². The molecule has 0 bridgehead atoms. The summed E-state index contributed by atoms with van der Waals surface area (Å²) >= 11 is 0. The summed E-state index contributed by atoms with van der Waals surface area (Å²) in [6.07, 6.45) is 0.889. The molecule has 21 nitrogen and oxygen atoms in total. The van der Waals surface area contributed by atoms with Gasteiger partial charge >= 0.3 is 5.97 Å². The fourth-order valence-electron chi connectivity index (χ4n) is 4.76. The number of amides is 6. The molecule has 0 radical (unpaired) electrons. The van der Waals surface area contributed by atoms with E-state index in [0.717, 1.165) is 0 Å². The van der Waals surface area contributed by atoms with Gasteiger partial charge in [-0.05, 0) is 57.9 Å². The van der Waals surface area contributed by atoms with E-state index in [1.54, 1.807) is 0 Å². The Morgan fingerprint density at radius 2 is 1.04 bits per heavy atom. The van der Waals surface area contributed by atoms with E-state index in [9.17, 15) is 38.7 Å². The third-order valence-corrected chi connectivity index (χ3v) is 7.37. The van der Waals surface area contributed by atoms with Crippen LogP contribution < -0.4 is 60.6 Å². The Morgan fingerprint density at radius 3 is 1.46 bits per heavy atom. The van der Waals surface area contributed by atoms with E-state index in [2.05, 4.69) is 41.9 Å². The number of unbranched alkanes of at least 4 members (excludes halogenated alkanes) is 1. The first-order valence-electron chi connectivity index (χ1n) is 16.5. The average Bonchev–Trinajstić information content (AvgIpc) is 3.04. The topological polar surface area (TPSA) is 367 Å². The van der Waals surface area contributed by atoms with Gasteiger partial charge in [0.15, 0.2) is 11.9 Å². The van der Waals surface area contributed by atoms with Crippen molar-refractivity contribution >= 4 is 53.3 Å². The maximum atomic E-state index is 13.2. The average molecular weight is 712 g/mol. The number of carboxylic acids is 1. The Hall–Kier alpha value is -5.21. The van der Waals surface area contributed by atoms with Gasteiger partial charge in [0.25, 0.3) is 0 Å². The summed E-state index contributed by atoms with van der Waals surface area (Å²) in [5.74, 6) is -5.56. The number of nitrogens with one attached hydrogen (secondary N) is 6. The maximum Gasteiger partial charge on any atom is 0.326 e. The molecule has 0 aromatic heterocycles. The van der Waals surface area contributed by atoms with Crippen LogP contribution >= 0.6 is 0 Å². The molecular weight excluding hydrogens is 658 g/mol. The standard InChI is InChI=1S/C29H53N13O8/c30-12-2-1-5-17-24(46)35-15-10-22(44)40-18(6-3-13-37-28(31)32)25(47)36-16-11-23(45)41-19(7-4-14-38-29(33)34)26(48)42-20(27(49)50)8-9-21(43)39-17/h17-20H,1-16,30H2,(H,35,46)(H,36,47)(H,39,43)(H,40,44)(H,41,45)(H,42,48)(H,49,50)(H4,31,32,37)(H4,33,34,38)/t17-,18-,19-,20-/m0/s1. The number of carbonyl (C=O) groups is 7. The molecule has 0 saturated carbocycles. The summed E-state index contributed by atoms with van der Waals surface area (Å²) in [6.45, 7) is 0.390. The summed E-state index contributed by atoms with van der Waals surface area (Å²) in [4.78, 5) is 97.3. The van der Waals surface area contributed by atoms with Gasteiger partial charge < -0.3 is 65.7 Å². The Labute approximate surface area is 290 Å². The first-order chi connectivity index (χ1) is 23.7. The van der Waals surface area contributed by atoms with Gasteiger partial charge in [-0.15, -0.1) is 0 Å². The van der Waals surface area contributed by atoms with Crippen LogP contribution in [-0.4, -0.2) is 115 Å². The van der Waals surface area contributed by atoms with E-state index in [1.807, 2.05) is 0 Å². The highest BCUT2D eigenvalue weighted by Gasteiger charge is 2.28. The minimum Gasteiger partial charge on any atom is -0.480 e. The fourth-order valence-corrected chi connectivity index (χ4v) is 4.76. The lowest BCUT2D eigenvalue weighted by Crippen LogP contribution is -2.53. The van der Waals surface area contributed by atoms with Crippen LogP contribution in [0.2, 0.25) is 0 Å². The minimum absolute atomic E-state index is 0.0248. The zero-order valence-electron chi connectivity index (χ0n) is 28.2. The van der Waals surface area contributed by atoms with E-state index in [4.69, 9.17) is 28.7 Å². The van der Waals surface area contributed by atoms with Gasteiger partial charge in [-0.2, -0.15) is 0 Å². The molecule has 0 aliphatic carbocycles. The van der Waals surface area contributed by atoms with Crippen molar-refractivity contribution in [2.75, 3.05) is 32.7 Å². The molecule has 1 aliphatic heterocycles. The quantitative estimate of drug-likeness (QED) is 0.0484. The molecule has 0 spiro atoms. The second-order valence-corrected chi connectivity index (χ2v) is 11.6. The van der Waals surface area contributed by atoms with Gasteiger partial charge in [-0.3, -0.25) is 38.8 Å². The lowest BCUT2D eigenvalue weighted by molar-refractivity contribution is -0.142. The van der Waals surface area contributed by atoms with E-state index < -0.39 is 65.6 Å². The molecule has 0 aromatic carbocycles. The number of guanidine groups is 2. The summed E-state index contributed by atoms with van der Waals surface area (Å²) in [5.41, 5.74) is 27.0. The Kier molecular flexibility index (Phi) is 20.6. The monoisotopic (exact) mass is 711 g/mol. The van der Waals surface area contributed by atoms with Crippen molar-refractivity contribution in [3.63, 3.8) is 0 Å². The van der Waals surface area contributed by atoms with Crippen molar-refractivity contribution in [1.82, 2.24) is 31.9 Å². The number of rotatable bonds is 13. The van der Waals surface area contributed by atoms with Crippen LogP contribution in [0.1, 0.15) is 70.6 Å². The molecule has 1 fully saturated rings. The van der Waals surface area contributed by atoms with Gasteiger partial charge in [0.2, 0.25) is 35.4 Å². The number of carbonyl (C=O) groups excluding carboxylic acids is 6. The highest BCUT2D eigenvalue weighted by molar-refractivity contribution is 5.92. The van der Waals surface area contributed by atoms with Crippen LogP contribution in [0, 0.1) is 0 Å². The molecule has 1 aliphatic rings. The SMILES string of the molecule is NCCCC[C@@H]1NC(=O)CC[C@@H](C(=O)O)NC(=O)[C@H](CCCN=C(N)N)NC(=O)CCNC(=O)[C@H](CCCN=C(N)N)NC(=O)CCNC1=O. The number of aliphatic carboxylic acids is 1. The van der Waals surface area contributed by atoms with E-state index >= 15 is 0 Å². The van der Waals surface area contributed by atoms with Crippen LogP contribution in [0.5, 0.6) is 0 Å². The van der Waals surface area contributed by atoms with Crippen molar-refractivity contribution in [3.8, 4) is 0 Å². The first kappa shape index (κ1) is 42.8. The number of aliphatic imine (C=N–C) groups is 2. The second-order valence-electron chi connectivity index (χ2n) is 11.6. The molecule has 50 heavy (non-hydrogen) atoms. The van der Waals surface area contributed by atoms with Crippen LogP contribution in [0.3, 0.4) is 0 Å². The second kappa shape index (κ2) is 24.0. The van der Waals surface area contributed by atoms with E-state index in [-0.39, 0.29) is 89.5 Å². The molecule has 282 valence electrons. The predicted octanol–water partition coefficient (Wildman–Crippen LogP) is -4.95. The van der Waals surface area contributed by atoms with Crippen molar-refractivity contribution in [1.29, 1.82) is 0 Å². The highest BCUT2D eigenvalue weighted by Crippen LogP contribution is 2.07.